The van der Waals surface area contributed by atoms with Crippen LogP contribution in [0.2, 0.25) is 0 Å². The number of halogens is 1. The van der Waals surface area contributed by atoms with E-state index >= 15 is 0 Å². The van der Waals surface area contributed by atoms with Crippen LogP contribution in [0, 0.1) is 5.92 Å². The van der Waals surface area contributed by atoms with Crippen molar-refractivity contribution in [2.45, 2.75) is 58.3 Å². The van der Waals surface area contributed by atoms with Crippen LogP contribution in [0.3, 0.4) is 0 Å². The van der Waals surface area contributed by atoms with Gasteiger partial charge in [0.25, 0.3) is 0 Å². The highest BCUT2D eigenvalue weighted by atomic mass is 79.9. The van der Waals surface area contributed by atoms with Crippen LogP contribution in [0.4, 0.5) is 0 Å². The maximum absolute atomic E-state index is 11.2. The molecule has 2 aromatic carbocycles. The van der Waals surface area contributed by atoms with Crippen LogP contribution in [0.1, 0.15) is 69.7 Å². The Hall–Kier alpha value is -2.26. The Morgan fingerprint density at radius 2 is 1.41 bits per heavy atom. The molecule has 0 aliphatic heterocycles. The molecule has 0 bridgehead atoms. The van der Waals surface area contributed by atoms with E-state index < -0.39 is 0 Å². The molecule has 2 aromatic rings. The predicted octanol–water partition coefficient (Wildman–Crippen LogP) is 8.15. The van der Waals surface area contributed by atoms with Gasteiger partial charge in [-0.15, -0.1) is 0 Å². The summed E-state index contributed by atoms with van der Waals surface area (Å²) in [6.45, 7) is 12.9. The Bertz CT molecular complexity index is 997. The number of benzene rings is 2. The summed E-state index contributed by atoms with van der Waals surface area (Å²) in [7, 11) is 1.69. The van der Waals surface area contributed by atoms with Crippen molar-refractivity contribution in [2.24, 2.45) is 5.92 Å². The summed E-state index contributed by atoms with van der Waals surface area (Å²) >= 11 is 3.84. The largest absolute Gasteiger partial charge is 0.507 e. The third-order valence-corrected chi connectivity index (χ3v) is 6.77. The van der Waals surface area contributed by atoms with E-state index in [1.807, 2.05) is 12.1 Å². The lowest BCUT2D eigenvalue weighted by molar-refractivity contribution is 0.414. The molecule has 0 spiro atoms. The lowest BCUT2D eigenvalue weighted by atomic mass is 9.76. The first-order valence-corrected chi connectivity index (χ1v) is 11.9. The second-order valence-electron chi connectivity index (χ2n) is 10.6. The van der Waals surface area contributed by atoms with E-state index in [0.29, 0.717) is 5.75 Å². The lowest BCUT2D eigenvalue weighted by Crippen LogP contribution is -2.18. The maximum atomic E-state index is 11.2. The van der Waals surface area contributed by atoms with Crippen molar-refractivity contribution < 1.29 is 9.84 Å². The number of hydrogen-bond acceptors (Lipinski definition) is 2. The summed E-state index contributed by atoms with van der Waals surface area (Å²) in [5, 5.41) is 11.2. The van der Waals surface area contributed by atoms with Crippen molar-refractivity contribution in [2.75, 3.05) is 7.11 Å². The third kappa shape index (κ3) is 5.38. The van der Waals surface area contributed by atoms with Crippen LogP contribution in [-0.4, -0.2) is 12.2 Å². The van der Waals surface area contributed by atoms with Gasteiger partial charge in [0.1, 0.15) is 11.5 Å². The Balaban J connectivity index is 2.24. The van der Waals surface area contributed by atoms with Crippen LogP contribution in [0.15, 0.2) is 71.3 Å². The SMILES string of the molecule is COc1ccc(C(C=C(Br)C2C=CC=C2)c2cc(C(C)(C)C)c(O)c(C(C)(C)C)c2)cc1. The van der Waals surface area contributed by atoms with Gasteiger partial charge in [-0.1, -0.05) is 112 Å². The number of rotatable bonds is 5. The molecule has 1 aliphatic carbocycles. The molecule has 0 fully saturated rings. The molecule has 1 atom stereocenters. The zero-order chi connectivity index (χ0) is 23.7. The van der Waals surface area contributed by atoms with Crippen LogP contribution in [-0.2, 0) is 10.8 Å². The minimum absolute atomic E-state index is 0.0282. The van der Waals surface area contributed by atoms with Gasteiger partial charge in [-0.3, -0.25) is 0 Å². The number of ether oxygens (including phenoxy) is 1. The minimum atomic E-state index is -0.178. The van der Waals surface area contributed by atoms with Gasteiger partial charge in [-0.05, 0) is 45.2 Å². The molecule has 3 rings (SSSR count). The number of aromatic hydroxyl groups is 1. The number of methoxy groups -OCH3 is 1. The van der Waals surface area contributed by atoms with Crippen LogP contribution in [0.25, 0.3) is 0 Å². The molecule has 0 saturated heterocycles. The topological polar surface area (TPSA) is 29.5 Å². The van der Waals surface area contributed by atoms with Gasteiger partial charge in [-0.2, -0.15) is 0 Å². The molecule has 0 aromatic heterocycles. The normalized spacial score (nSPS) is 15.9. The first kappa shape index (κ1) is 24.4. The van der Waals surface area contributed by atoms with E-state index in [4.69, 9.17) is 4.74 Å². The molecule has 3 heteroatoms. The van der Waals surface area contributed by atoms with Gasteiger partial charge in [0, 0.05) is 16.3 Å². The van der Waals surface area contributed by atoms with Crippen molar-refractivity contribution >= 4 is 15.9 Å². The van der Waals surface area contributed by atoms with Gasteiger partial charge in [0.05, 0.1) is 7.11 Å². The third-order valence-electron chi connectivity index (χ3n) is 5.97. The van der Waals surface area contributed by atoms with E-state index in [-0.39, 0.29) is 22.7 Å². The maximum Gasteiger partial charge on any atom is 0.123 e. The number of hydrogen-bond donors (Lipinski definition) is 1. The number of allylic oxidation sites excluding steroid dienone is 6. The first-order chi connectivity index (χ1) is 14.9. The molecular weight excluding hydrogens is 460 g/mol. The molecule has 2 nitrogen and oxygen atoms in total. The summed E-state index contributed by atoms with van der Waals surface area (Å²) in [4.78, 5) is 0. The van der Waals surface area contributed by atoms with Gasteiger partial charge < -0.3 is 9.84 Å². The first-order valence-electron chi connectivity index (χ1n) is 11.2. The van der Waals surface area contributed by atoms with Gasteiger partial charge >= 0.3 is 0 Å². The average molecular weight is 496 g/mol. The van der Waals surface area contributed by atoms with E-state index in [0.717, 1.165) is 21.4 Å². The fraction of sp³-hybridized carbons (Fsp3) is 0.379. The highest BCUT2D eigenvalue weighted by molar-refractivity contribution is 9.11. The van der Waals surface area contributed by atoms with Crippen LogP contribution >= 0.6 is 15.9 Å². The molecule has 1 N–H and O–H groups in total. The molecule has 1 unspecified atom stereocenters. The lowest BCUT2D eigenvalue weighted by Gasteiger charge is -2.30. The van der Waals surface area contributed by atoms with Crippen LogP contribution < -0.4 is 4.74 Å². The quantitative estimate of drug-likeness (QED) is 0.454. The second-order valence-corrected chi connectivity index (χ2v) is 11.5. The van der Waals surface area contributed by atoms with Crippen molar-refractivity contribution in [3.05, 3.63) is 93.5 Å². The van der Waals surface area contributed by atoms with Crippen molar-refractivity contribution in [3.63, 3.8) is 0 Å². The Morgan fingerprint density at radius 1 is 0.906 bits per heavy atom. The minimum Gasteiger partial charge on any atom is -0.507 e. The molecule has 32 heavy (non-hydrogen) atoms. The zero-order valence-corrected chi connectivity index (χ0v) is 21.8. The Kier molecular flexibility index (Phi) is 7.09. The molecule has 0 amide bonds. The highest BCUT2D eigenvalue weighted by Crippen LogP contribution is 2.43. The molecule has 0 radical (unpaired) electrons. The number of phenols is 1. The molecule has 0 saturated carbocycles. The van der Waals surface area contributed by atoms with Crippen molar-refractivity contribution in [1.82, 2.24) is 0 Å². The van der Waals surface area contributed by atoms with E-state index in [2.05, 4.69) is 112 Å². The fourth-order valence-electron chi connectivity index (χ4n) is 4.06. The average Bonchev–Trinajstić information content (AvgIpc) is 3.26. The number of phenolic OH excluding ortho intramolecular Hbond substituents is 1. The van der Waals surface area contributed by atoms with E-state index in [1.165, 1.54) is 11.1 Å². The van der Waals surface area contributed by atoms with Gasteiger partial charge in [0.15, 0.2) is 0 Å². The van der Waals surface area contributed by atoms with Gasteiger partial charge in [0.2, 0.25) is 0 Å². The molecular formula is C29H35BrO2. The Labute approximate surface area is 201 Å². The van der Waals surface area contributed by atoms with E-state index in [1.54, 1.807) is 7.11 Å². The van der Waals surface area contributed by atoms with E-state index in [9.17, 15) is 5.11 Å². The summed E-state index contributed by atoms with van der Waals surface area (Å²) in [6, 6.07) is 12.6. The second kappa shape index (κ2) is 9.31. The molecule has 170 valence electrons. The summed E-state index contributed by atoms with van der Waals surface area (Å²) in [5.41, 5.74) is 3.95. The highest BCUT2D eigenvalue weighted by Gasteiger charge is 2.28. The summed E-state index contributed by atoms with van der Waals surface area (Å²) < 4.78 is 6.51. The standard InChI is InChI=1S/C29H35BrO2/c1-28(2,3)24-16-21(17-25(27(24)31)29(4,5)6)23(18-26(30)20-10-8-9-11-20)19-12-14-22(32-7)15-13-19/h8-18,20,23,31H,1-7H3. The fourth-order valence-corrected chi connectivity index (χ4v) is 4.63. The smallest absolute Gasteiger partial charge is 0.123 e. The molecule has 0 heterocycles. The molecule has 1 aliphatic rings. The predicted molar refractivity (Wildman–Crippen MR) is 139 cm³/mol. The zero-order valence-electron chi connectivity index (χ0n) is 20.2. The Morgan fingerprint density at radius 3 is 1.84 bits per heavy atom. The summed E-state index contributed by atoms with van der Waals surface area (Å²) in [6.07, 6.45) is 10.8. The van der Waals surface area contributed by atoms with Crippen molar-refractivity contribution in [3.8, 4) is 11.5 Å². The van der Waals surface area contributed by atoms with Gasteiger partial charge in [-0.25, -0.2) is 0 Å². The monoisotopic (exact) mass is 494 g/mol. The van der Waals surface area contributed by atoms with Crippen molar-refractivity contribution in [1.29, 1.82) is 0 Å². The summed E-state index contributed by atoms with van der Waals surface area (Å²) in [5.74, 6) is 1.53. The van der Waals surface area contributed by atoms with Crippen LogP contribution in [0.5, 0.6) is 11.5 Å².